The molecule has 0 saturated heterocycles. The van der Waals surface area contributed by atoms with Gasteiger partial charge < -0.3 is 10.1 Å². The molecule has 0 aliphatic rings. The van der Waals surface area contributed by atoms with Crippen molar-refractivity contribution < 1.29 is 9.53 Å². The van der Waals surface area contributed by atoms with Crippen molar-refractivity contribution in [1.82, 2.24) is 9.78 Å². The molecule has 7 heteroatoms. The van der Waals surface area contributed by atoms with E-state index in [0.717, 1.165) is 5.56 Å². The molecule has 2 aromatic heterocycles. The standard InChI is InChI=1S/C16H14ClN3O2S/c1-22-14-5-3-2-4-13(14)19-16(21)15-6-11(10-23-15)8-20-9-12(17)7-18-20/h2-7,9-10H,8H2,1H3,(H,19,21). The van der Waals surface area contributed by atoms with Crippen molar-refractivity contribution in [1.29, 1.82) is 0 Å². The van der Waals surface area contributed by atoms with E-state index in [0.29, 0.717) is 27.9 Å². The lowest BCUT2D eigenvalue weighted by molar-refractivity contribution is 0.103. The molecule has 1 N–H and O–H groups in total. The Morgan fingerprint density at radius 2 is 2.26 bits per heavy atom. The summed E-state index contributed by atoms with van der Waals surface area (Å²) in [7, 11) is 1.57. The zero-order chi connectivity index (χ0) is 16.2. The molecule has 5 nitrogen and oxygen atoms in total. The van der Waals surface area contributed by atoms with E-state index in [-0.39, 0.29) is 5.91 Å². The summed E-state index contributed by atoms with van der Waals surface area (Å²) in [6, 6.07) is 9.16. The minimum atomic E-state index is -0.163. The van der Waals surface area contributed by atoms with E-state index in [1.807, 2.05) is 23.6 Å². The number of rotatable bonds is 5. The van der Waals surface area contributed by atoms with E-state index in [9.17, 15) is 4.79 Å². The monoisotopic (exact) mass is 347 g/mol. The summed E-state index contributed by atoms with van der Waals surface area (Å²) in [5.41, 5.74) is 1.65. The predicted octanol–water partition coefficient (Wildman–Crippen LogP) is 3.91. The highest BCUT2D eigenvalue weighted by Gasteiger charge is 2.12. The third-order valence-corrected chi connectivity index (χ3v) is 4.35. The quantitative estimate of drug-likeness (QED) is 0.761. The minimum Gasteiger partial charge on any atom is -0.495 e. The van der Waals surface area contributed by atoms with Crippen molar-refractivity contribution in [3.8, 4) is 5.75 Å². The van der Waals surface area contributed by atoms with E-state index >= 15 is 0 Å². The van der Waals surface area contributed by atoms with Crippen LogP contribution < -0.4 is 10.1 Å². The van der Waals surface area contributed by atoms with Crippen LogP contribution in [0.2, 0.25) is 5.02 Å². The van der Waals surface area contributed by atoms with Crippen molar-refractivity contribution >= 4 is 34.5 Å². The minimum absolute atomic E-state index is 0.163. The fourth-order valence-corrected chi connectivity index (χ4v) is 3.08. The Labute approximate surface area is 142 Å². The number of para-hydroxylation sites is 2. The second-order valence-corrected chi connectivity index (χ2v) is 6.18. The van der Waals surface area contributed by atoms with Gasteiger partial charge in [-0.3, -0.25) is 9.48 Å². The number of anilines is 1. The number of carbonyl (C=O) groups is 1. The number of nitrogens with one attached hydrogen (secondary N) is 1. The maximum atomic E-state index is 12.4. The van der Waals surface area contributed by atoms with Gasteiger partial charge in [0.15, 0.2) is 0 Å². The average molecular weight is 348 g/mol. The average Bonchev–Trinajstić information content (AvgIpc) is 3.17. The van der Waals surface area contributed by atoms with Crippen molar-refractivity contribution in [2.24, 2.45) is 0 Å². The largest absolute Gasteiger partial charge is 0.495 e. The van der Waals surface area contributed by atoms with Crippen LogP contribution in [0.25, 0.3) is 0 Å². The highest BCUT2D eigenvalue weighted by molar-refractivity contribution is 7.12. The van der Waals surface area contributed by atoms with Crippen LogP contribution in [0, 0.1) is 0 Å². The molecule has 0 bridgehead atoms. The van der Waals surface area contributed by atoms with Crippen molar-refractivity contribution in [3.05, 3.63) is 63.6 Å². The molecule has 0 aliphatic carbocycles. The van der Waals surface area contributed by atoms with Gasteiger partial charge in [0, 0.05) is 6.20 Å². The SMILES string of the molecule is COc1ccccc1NC(=O)c1cc(Cn2cc(Cl)cn2)cs1. The van der Waals surface area contributed by atoms with Crippen LogP contribution in [0.15, 0.2) is 48.1 Å². The van der Waals surface area contributed by atoms with Crippen molar-refractivity contribution in [2.75, 3.05) is 12.4 Å². The lowest BCUT2D eigenvalue weighted by Crippen LogP contribution is -2.11. The molecule has 0 fully saturated rings. The van der Waals surface area contributed by atoms with Gasteiger partial charge in [-0.1, -0.05) is 23.7 Å². The Morgan fingerprint density at radius 1 is 1.43 bits per heavy atom. The van der Waals surface area contributed by atoms with E-state index in [4.69, 9.17) is 16.3 Å². The number of halogens is 1. The lowest BCUT2D eigenvalue weighted by atomic mass is 10.2. The third kappa shape index (κ3) is 3.72. The molecule has 0 spiro atoms. The Balaban J connectivity index is 1.71. The smallest absolute Gasteiger partial charge is 0.265 e. The number of aromatic nitrogens is 2. The number of ether oxygens (including phenoxy) is 1. The van der Waals surface area contributed by atoms with Gasteiger partial charge in [0.1, 0.15) is 5.75 Å². The van der Waals surface area contributed by atoms with Gasteiger partial charge in [-0.05, 0) is 29.1 Å². The number of nitrogens with zero attached hydrogens (tertiary/aromatic N) is 2. The summed E-state index contributed by atoms with van der Waals surface area (Å²) in [5.74, 6) is 0.466. The van der Waals surface area contributed by atoms with Crippen LogP contribution >= 0.6 is 22.9 Å². The molecule has 0 aliphatic heterocycles. The van der Waals surface area contributed by atoms with Crippen LogP contribution in [0.1, 0.15) is 15.2 Å². The Bertz CT molecular complexity index is 828. The molecule has 0 radical (unpaired) electrons. The molecule has 3 rings (SSSR count). The number of carbonyl (C=O) groups excluding carboxylic acids is 1. The lowest BCUT2D eigenvalue weighted by Gasteiger charge is -2.08. The first-order valence-corrected chi connectivity index (χ1v) is 8.11. The van der Waals surface area contributed by atoms with Gasteiger partial charge in [-0.2, -0.15) is 5.10 Å². The molecule has 2 heterocycles. The van der Waals surface area contributed by atoms with E-state index in [1.54, 1.807) is 36.3 Å². The summed E-state index contributed by atoms with van der Waals surface area (Å²) < 4.78 is 6.96. The summed E-state index contributed by atoms with van der Waals surface area (Å²) in [6.45, 7) is 0.575. The Morgan fingerprint density at radius 3 is 3.00 bits per heavy atom. The maximum absolute atomic E-state index is 12.4. The summed E-state index contributed by atoms with van der Waals surface area (Å²) >= 11 is 7.23. The molecule has 23 heavy (non-hydrogen) atoms. The second kappa shape index (κ2) is 6.85. The second-order valence-electron chi connectivity index (χ2n) is 4.83. The van der Waals surface area contributed by atoms with E-state index in [1.165, 1.54) is 11.3 Å². The molecule has 1 aromatic carbocycles. The molecule has 0 unspecified atom stereocenters. The van der Waals surface area contributed by atoms with Crippen LogP contribution in [-0.4, -0.2) is 22.8 Å². The predicted molar refractivity (Wildman–Crippen MR) is 91.6 cm³/mol. The molecular weight excluding hydrogens is 334 g/mol. The zero-order valence-corrected chi connectivity index (χ0v) is 13.9. The fourth-order valence-electron chi connectivity index (χ4n) is 2.12. The topological polar surface area (TPSA) is 56.1 Å². The number of amides is 1. The van der Waals surface area contributed by atoms with Crippen LogP contribution in [0.4, 0.5) is 5.69 Å². The van der Waals surface area contributed by atoms with Crippen molar-refractivity contribution in [2.45, 2.75) is 6.54 Å². The number of benzene rings is 1. The summed E-state index contributed by atoms with van der Waals surface area (Å²) in [4.78, 5) is 13.0. The van der Waals surface area contributed by atoms with Gasteiger partial charge in [0.2, 0.25) is 0 Å². The van der Waals surface area contributed by atoms with Gasteiger partial charge in [0.25, 0.3) is 5.91 Å². The molecule has 3 aromatic rings. The van der Waals surface area contributed by atoms with Gasteiger partial charge in [-0.15, -0.1) is 11.3 Å². The van der Waals surface area contributed by atoms with Gasteiger partial charge in [-0.25, -0.2) is 0 Å². The van der Waals surface area contributed by atoms with Crippen LogP contribution in [-0.2, 0) is 6.54 Å². The fraction of sp³-hybridized carbons (Fsp3) is 0.125. The molecule has 0 atom stereocenters. The highest BCUT2D eigenvalue weighted by atomic mass is 35.5. The van der Waals surface area contributed by atoms with Crippen LogP contribution in [0.5, 0.6) is 5.75 Å². The zero-order valence-electron chi connectivity index (χ0n) is 12.3. The number of methoxy groups -OCH3 is 1. The van der Waals surface area contributed by atoms with E-state index < -0.39 is 0 Å². The summed E-state index contributed by atoms with van der Waals surface area (Å²) in [6.07, 6.45) is 3.33. The highest BCUT2D eigenvalue weighted by Crippen LogP contribution is 2.25. The Hall–Kier alpha value is -2.31. The number of thiophene rings is 1. The van der Waals surface area contributed by atoms with Crippen LogP contribution in [0.3, 0.4) is 0 Å². The first-order chi connectivity index (χ1) is 11.2. The van der Waals surface area contributed by atoms with Gasteiger partial charge >= 0.3 is 0 Å². The molecule has 1 amide bonds. The normalized spacial score (nSPS) is 10.5. The molecular formula is C16H14ClN3O2S. The van der Waals surface area contributed by atoms with Crippen molar-refractivity contribution in [3.63, 3.8) is 0 Å². The molecule has 0 saturated carbocycles. The number of hydrogen-bond acceptors (Lipinski definition) is 4. The van der Waals surface area contributed by atoms with E-state index in [2.05, 4.69) is 10.4 Å². The molecule has 118 valence electrons. The first kappa shape index (κ1) is 15.6. The maximum Gasteiger partial charge on any atom is 0.265 e. The summed E-state index contributed by atoms with van der Waals surface area (Å²) in [5, 5.41) is 9.52. The first-order valence-electron chi connectivity index (χ1n) is 6.85. The third-order valence-electron chi connectivity index (χ3n) is 3.18. The van der Waals surface area contributed by atoms with Gasteiger partial charge in [0.05, 0.1) is 35.4 Å². The number of hydrogen-bond donors (Lipinski definition) is 1. The Kier molecular flexibility index (Phi) is 4.64.